The van der Waals surface area contributed by atoms with Crippen LogP contribution in [-0.2, 0) is 9.84 Å². The normalized spacial score (nSPS) is 14.9. The first-order valence-corrected chi connectivity index (χ1v) is 8.36. The standard InChI is InChI=1S/C10H22BrNO2S/c1-9(2)10(7-11)8-12(3)5-6-15(4,13)14/h9-10H,5-8H2,1-4H3. The zero-order valence-electron chi connectivity index (χ0n) is 10.0. The van der Waals surface area contributed by atoms with Crippen LogP contribution in [0.1, 0.15) is 13.8 Å². The average Bonchev–Trinajstić information content (AvgIpc) is 2.09. The maximum Gasteiger partial charge on any atom is 0.148 e. The first-order chi connectivity index (χ1) is 6.76. The second-order valence-corrected chi connectivity index (χ2v) is 7.46. The summed E-state index contributed by atoms with van der Waals surface area (Å²) in [6.07, 6.45) is 1.28. The van der Waals surface area contributed by atoms with E-state index < -0.39 is 9.84 Å². The molecule has 0 heterocycles. The van der Waals surface area contributed by atoms with E-state index in [1.807, 2.05) is 7.05 Å². The van der Waals surface area contributed by atoms with Crippen molar-refractivity contribution in [2.45, 2.75) is 13.8 Å². The van der Waals surface area contributed by atoms with E-state index in [0.717, 1.165) is 11.9 Å². The Labute approximate surface area is 102 Å². The van der Waals surface area contributed by atoms with Crippen LogP contribution >= 0.6 is 15.9 Å². The number of nitrogens with zero attached hydrogens (tertiary/aromatic N) is 1. The Kier molecular flexibility index (Phi) is 7.04. The molecule has 0 aliphatic heterocycles. The first-order valence-electron chi connectivity index (χ1n) is 5.18. The molecule has 5 heteroatoms. The van der Waals surface area contributed by atoms with Crippen LogP contribution in [0.5, 0.6) is 0 Å². The quantitative estimate of drug-likeness (QED) is 0.671. The SMILES string of the molecule is CC(C)C(CBr)CN(C)CCS(C)(=O)=O. The summed E-state index contributed by atoms with van der Waals surface area (Å²) in [6, 6.07) is 0. The van der Waals surface area contributed by atoms with E-state index in [0.29, 0.717) is 18.4 Å². The smallest absolute Gasteiger partial charge is 0.148 e. The van der Waals surface area contributed by atoms with Gasteiger partial charge in [0.25, 0.3) is 0 Å². The van der Waals surface area contributed by atoms with Gasteiger partial charge in [-0.1, -0.05) is 29.8 Å². The van der Waals surface area contributed by atoms with Crippen LogP contribution in [0.2, 0.25) is 0 Å². The fourth-order valence-corrected chi connectivity index (χ4v) is 2.85. The Morgan fingerprint density at radius 3 is 2.20 bits per heavy atom. The second-order valence-electron chi connectivity index (χ2n) is 4.55. The fourth-order valence-electron chi connectivity index (χ4n) is 1.25. The number of sulfone groups is 1. The van der Waals surface area contributed by atoms with Crippen molar-refractivity contribution in [2.24, 2.45) is 11.8 Å². The van der Waals surface area contributed by atoms with Gasteiger partial charge in [-0.2, -0.15) is 0 Å². The molecule has 0 bridgehead atoms. The summed E-state index contributed by atoms with van der Waals surface area (Å²) in [7, 11) is -0.860. The largest absolute Gasteiger partial charge is 0.305 e. The zero-order chi connectivity index (χ0) is 12.1. The van der Waals surface area contributed by atoms with Crippen LogP contribution in [0, 0.1) is 11.8 Å². The van der Waals surface area contributed by atoms with Gasteiger partial charge in [-0.3, -0.25) is 0 Å². The minimum atomic E-state index is -2.84. The van der Waals surface area contributed by atoms with E-state index in [-0.39, 0.29) is 5.75 Å². The van der Waals surface area contributed by atoms with E-state index >= 15 is 0 Å². The highest BCUT2D eigenvalue weighted by molar-refractivity contribution is 9.09. The van der Waals surface area contributed by atoms with Gasteiger partial charge in [0.1, 0.15) is 9.84 Å². The Bertz CT molecular complexity index is 265. The van der Waals surface area contributed by atoms with Crippen LogP contribution in [0.15, 0.2) is 0 Å². The Morgan fingerprint density at radius 2 is 1.87 bits per heavy atom. The van der Waals surface area contributed by atoms with Gasteiger partial charge in [0.05, 0.1) is 5.75 Å². The summed E-state index contributed by atoms with van der Waals surface area (Å²) in [5.41, 5.74) is 0. The molecule has 15 heavy (non-hydrogen) atoms. The number of halogens is 1. The molecule has 3 nitrogen and oxygen atoms in total. The summed E-state index contributed by atoms with van der Waals surface area (Å²) in [5.74, 6) is 1.44. The summed E-state index contributed by atoms with van der Waals surface area (Å²) < 4.78 is 22.0. The molecule has 0 aliphatic carbocycles. The van der Waals surface area contributed by atoms with Crippen molar-refractivity contribution in [1.29, 1.82) is 0 Å². The molecule has 0 amide bonds. The minimum absolute atomic E-state index is 0.247. The summed E-state index contributed by atoms with van der Waals surface area (Å²) in [6.45, 7) is 5.94. The number of hydrogen-bond donors (Lipinski definition) is 0. The number of rotatable bonds is 7. The van der Waals surface area contributed by atoms with Crippen LogP contribution < -0.4 is 0 Å². The molecule has 0 rings (SSSR count). The first kappa shape index (κ1) is 15.4. The molecule has 0 radical (unpaired) electrons. The predicted molar refractivity (Wildman–Crippen MR) is 69.3 cm³/mol. The number of alkyl halides is 1. The van der Waals surface area contributed by atoms with Gasteiger partial charge in [0.2, 0.25) is 0 Å². The van der Waals surface area contributed by atoms with Gasteiger partial charge in [-0.05, 0) is 18.9 Å². The van der Waals surface area contributed by atoms with Gasteiger partial charge in [-0.15, -0.1) is 0 Å². The highest BCUT2D eigenvalue weighted by Gasteiger charge is 2.15. The molecule has 0 spiro atoms. The van der Waals surface area contributed by atoms with Crippen LogP contribution in [0.4, 0.5) is 0 Å². The molecule has 92 valence electrons. The molecule has 0 aromatic heterocycles. The van der Waals surface area contributed by atoms with Crippen molar-refractivity contribution in [3.8, 4) is 0 Å². The molecule has 0 aliphatic rings. The summed E-state index contributed by atoms with van der Waals surface area (Å²) in [4.78, 5) is 2.09. The molecular weight excluding hydrogens is 278 g/mol. The van der Waals surface area contributed by atoms with E-state index in [1.165, 1.54) is 6.26 Å². The minimum Gasteiger partial charge on any atom is -0.305 e. The van der Waals surface area contributed by atoms with Crippen molar-refractivity contribution in [2.75, 3.05) is 37.5 Å². The highest BCUT2D eigenvalue weighted by atomic mass is 79.9. The molecule has 0 aromatic rings. The molecule has 0 saturated carbocycles. The van der Waals surface area contributed by atoms with Crippen molar-refractivity contribution in [1.82, 2.24) is 4.90 Å². The molecule has 0 saturated heterocycles. The lowest BCUT2D eigenvalue weighted by Gasteiger charge is -2.25. The zero-order valence-corrected chi connectivity index (χ0v) is 12.4. The molecule has 0 fully saturated rings. The van der Waals surface area contributed by atoms with Gasteiger partial charge in [0.15, 0.2) is 0 Å². The monoisotopic (exact) mass is 299 g/mol. The van der Waals surface area contributed by atoms with Crippen molar-refractivity contribution >= 4 is 25.8 Å². The lowest BCUT2D eigenvalue weighted by molar-refractivity contribution is 0.264. The fraction of sp³-hybridized carbons (Fsp3) is 1.00. The van der Waals surface area contributed by atoms with E-state index in [1.54, 1.807) is 0 Å². The number of hydrogen-bond acceptors (Lipinski definition) is 3. The molecule has 0 N–H and O–H groups in total. The third kappa shape index (κ3) is 8.22. The lowest BCUT2D eigenvalue weighted by Crippen LogP contribution is -2.32. The van der Waals surface area contributed by atoms with Crippen LogP contribution in [0.25, 0.3) is 0 Å². The maximum atomic E-state index is 11.0. The predicted octanol–water partition coefficient (Wildman–Crippen LogP) is 1.63. The average molecular weight is 300 g/mol. The Hall–Kier alpha value is 0.390. The molecule has 1 unspecified atom stereocenters. The van der Waals surface area contributed by atoms with Crippen LogP contribution in [0.3, 0.4) is 0 Å². The summed E-state index contributed by atoms with van der Waals surface area (Å²) in [5, 5.41) is 0.966. The van der Waals surface area contributed by atoms with Gasteiger partial charge in [-0.25, -0.2) is 8.42 Å². The van der Waals surface area contributed by atoms with E-state index in [2.05, 4.69) is 34.7 Å². The topological polar surface area (TPSA) is 37.4 Å². The van der Waals surface area contributed by atoms with Crippen molar-refractivity contribution in [3.05, 3.63) is 0 Å². The van der Waals surface area contributed by atoms with Gasteiger partial charge >= 0.3 is 0 Å². The highest BCUT2D eigenvalue weighted by Crippen LogP contribution is 2.14. The second kappa shape index (κ2) is 6.86. The van der Waals surface area contributed by atoms with Crippen LogP contribution in [-0.4, -0.2) is 50.8 Å². The molecular formula is C10H22BrNO2S. The van der Waals surface area contributed by atoms with E-state index in [9.17, 15) is 8.42 Å². The third-order valence-corrected chi connectivity index (χ3v) is 4.29. The van der Waals surface area contributed by atoms with Gasteiger partial charge in [0, 0.05) is 24.7 Å². The van der Waals surface area contributed by atoms with Crippen molar-refractivity contribution in [3.63, 3.8) is 0 Å². The summed E-state index contributed by atoms with van der Waals surface area (Å²) >= 11 is 3.49. The Balaban J connectivity index is 3.97. The van der Waals surface area contributed by atoms with Crippen molar-refractivity contribution < 1.29 is 8.42 Å². The van der Waals surface area contributed by atoms with Gasteiger partial charge < -0.3 is 4.90 Å². The molecule has 0 aromatic carbocycles. The lowest BCUT2D eigenvalue weighted by atomic mass is 9.98. The third-order valence-electron chi connectivity index (χ3n) is 2.53. The molecule has 1 atom stereocenters. The Morgan fingerprint density at radius 1 is 1.33 bits per heavy atom. The maximum absolute atomic E-state index is 11.0. The van der Waals surface area contributed by atoms with E-state index in [4.69, 9.17) is 0 Å².